The number of hydrogen-bond donors (Lipinski definition) is 3. The molecule has 0 aliphatic carbocycles. The number of carbonyl (C=O) groups is 1. The number of hydrogen-bond acceptors (Lipinski definition) is 5. The van der Waals surface area contributed by atoms with Gasteiger partial charge in [0.05, 0.1) is 4.90 Å². The van der Waals surface area contributed by atoms with Crippen molar-refractivity contribution < 1.29 is 13.2 Å². The molecule has 0 bridgehead atoms. The van der Waals surface area contributed by atoms with Gasteiger partial charge in [-0.05, 0) is 84.5 Å². The summed E-state index contributed by atoms with van der Waals surface area (Å²) in [5, 5.41) is 4.11. The summed E-state index contributed by atoms with van der Waals surface area (Å²) in [5.74, 6) is 0. The zero-order valence-electron chi connectivity index (χ0n) is 20.7. The highest BCUT2D eigenvalue weighted by Gasteiger charge is 2.27. The minimum absolute atomic E-state index is 0.325. The van der Waals surface area contributed by atoms with Gasteiger partial charge in [-0.25, -0.2) is 8.42 Å². The topological polar surface area (TPSA) is 108 Å². The number of aromatic nitrogens is 1. The number of H-pyrrole nitrogens is 1. The van der Waals surface area contributed by atoms with Crippen molar-refractivity contribution in [3.05, 3.63) is 84.1 Å². The van der Waals surface area contributed by atoms with Gasteiger partial charge in [-0.3, -0.25) is 4.79 Å². The fourth-order valence-corrected chi connectivity index (χ4v) is 6.51. The average molecular weight is 515 g/mol. The molecule has 0 saturated carbocycles. The van der Waals surface area contributed by atoms with Crippen molar-refractivity contribution in [1.82, 2.24) is 9.29 Å². The molecule has 0 unspecified atom stereocenters. The fraction of sp³-hybridized carbons (Fsp3) is 0.207. The van der Waals surface area contributed by atoms with Crippen molar-refractivity contribution in [2.24, 2.45) is 5.73 Å². The highest BCUT2D eigenvalue weighted by Crippen LogP contribution is 2.36. The van der Waals surface area contributed by atoms with E-state index in [9.17, 15) is 13.2 Å². The van der Waals surface area contributed by atoms with Crippen LogP contribution >= 0.6 is 0 Å². The van der Waals surface area contributed by atoms with Crippen LogP contribution in [0.4, 0.5) is 5.69 Å². The van der Waals surface area contributed by atoms with Gasteiger partial charge in [-0.15, -0.1) is 0 Å². The molecule has 1 saturated heterocycles. The van der Waals surface area contributed by atoms with Crippen LogP contribution in [0.1, 0.15) is 24.0 Å². The van der Waals surface area contributed by atoms with Crippen LogP contribution in [-0.2, 0) is 21.4 Å². The third-order valence-corrected chi connectivity index (χ3v) is 8.80. The van der Waals surface area contributed by atoms with E-state index >= 15 is 0 Å². The van der Waals surface area contributed by atoms with Gasteiger partial charge in [0.25, 0.3) is 0 Å². The van der Waals surface area contributed by atoms with Gasteiger partial charge in [0, 0.05) is 53.7 Å². The summed E-state index contributed by atoms with van der Waals surface area (Å²) in [6, 6.07) is 19.5. The van der Waals surface area contributed by atoms with E-state index in [4.69, 9.17) is 5.73 Å². The average Bonchev–Trinajstić information content (AvgIpc) is 3.60. The maximum Gasteiger partial charge on any atom is 0.243 e. The highest BCUT2D eigenvalue weighted by molar-refractivity contribution is 7.89. The molecule has 4 N–H and O–H groups in total. The molecule has 0 spiro atoms. The number of nitrogens with one attached hydrogen (secondary N) is 2. The van der Waals surface area contributed by atoms with Crippen LogP contribution in [0, 0.1) is 6.92 Å². The first-order valence-corrected chi connectivity index (χ1v) is 13.8. The van der Waals surface area contributed by atoms with Crippen LogP contribution < -0.4 is 11.1 Å². The summed E-state index contributed by atoms with van der Waals surface area (Å²) in [6.07, 6.45) is 5.50. The van der Waals surface area contributed by atoms with Crippen molar-refractivity contribution in [1.29, 1.82) is 0 Å². The standard InChI is InChI=1S/C29H30N4O3S/c1-20-8-10-23(37(35,36)33-13-2-3-14-33)17-26(20)29-18-27-25(6-4-7-28(27)32-29)24-11-9-22(16-21(24)19-30)31-12-5-15-34/h4-12,15-18,31-32H,2-3,13-14,19,30H2,1H3. The molecule has 1 fully saturated rings. The van der Waals surface area contributed by atoms with Gasteiger partial charge in [0.1, 0.15) is 6.29 Å². The summed E-state index contributed by atoms with van der Waals surface area (Å²) >= 11 is 0. The Labute approximate surface area is 217 Å². The van der Waals surface area contributed by atoms with Gasteiger partial charge in [0.2, 0.25) is 10.0 Å². The van der Waals surface area contributed by atoms with E-state index in [0.717, 1.165) is 62.9 Å². The van der Waals surface area contributed by atoms with E-state index in [1.54, 1.807) is 22.6 Å². The molecular weight excluding hydrogens is 484 g/mol. The molecule has 0 atom stereocenters. The van der Waals surface area contributed by atoms with E-state index in [0.29, 0.717) is 30.8 Å². The van der Waals surface area contributed by atoms with E-state index in [1.165, 1.54) is 6.08 Å². The number of carbonyl (C=O) groups excluding carboxylic acids is 1. The van der Waals surface area contributed by atoms with E-state index in [-0.39, 0.29) is 0 Å². The first-order chi connectivity index (χ1) is 17.9. The molecule has 1 aliphatic heterocycles. The number of aryl methyl sites for hydroxylation is 1. The van der Waals surface area contributed by atoms with Crippen molar-refractivity contribution in [2.45, 2.75) is 31.2 Å². The molecule has 190 valence electrons. The minimum atomic E-state index is -3.51. The zero-order chi connectivity index (χ0) is 26.0. The largest absolute Gasteiger partial charge is 0.362 e. The Bertz CT molecular complexity index is 1600. The summed E-state index contributed by atoms with van der Waals surface area (Å²) in [7, 11) is -3.51. The Morgan fingerprint density at radius 2 is 1.81 bits per heavy atom. The number of sulfonamides is 1. The predicted molar refractivity (Wildman–Crippen MR) is 149 cm³/mol. The lowest BCUT2D eigenvalue weighted by Gasteiger charge is -2.16. The Balaban J connectivity index is 1.57. The smallest absolute Gasteiger partial charge is 0.243 e. The van der Waals surface area contributed by atoms with Crippen LogP contribution in [0.2, 0.25) is 0 Å². The number of nitrogens with two attached hydrogens (primary N) is 1. The predicted octanol–water partition coefficient (Wildman–Crippen LogP) is 5.18. The molecular formula is C29H30N4O3S. The van der Waals surface area contributed by atoms with E-state index in [2.05, 4.69) is 22.4 Å². The number of anilines is 1. The lowest BCUT2D eigenvalue weighted by Crippen LogP contribution is -2.27. The molecule has 4 aromatic rings. The van der Waals surface area contributed by atoms with Gasteiger partial charge >= 0.3 is 0 Å². The third-order valence-electron chi connectivity index (χ3n) is 6.91. The van der Waals surface area contributed by atoms with Crippen molar-refractivity contribution >= 4 is 32.9 Å². The number of aromatic amines is 1. The van der Waals surface area contributed by atoms with Gasteiger partial charge < -0.3 is 16.0 Å². The van der Waals surface area contributed by atoms with Gasteiger partial charge in [-0.1, -0.05) is 24.3 Å². The molecule has 2 heterocycles. The summed E-state index contributed by atoms with van der Waals surface area (Å²) in [5.41, 5.74) is 13.7. The highest BCUT2D eigenvalue weighted by atomic mass is 32.2. The second-order valence-electron chi connectivity index (χ2n) is 9.25. The second-order valence-corrected chi connectivity index (χ2v) is 11.2. The fourth-order valence-electron chi connectivity index (χ4n) is 4.96. The minimum Gasteiger partial charge on any atom is -0.362 e. The number of allylic oxidation sites excluding steroid dienone is 1. The van der Waals surface area contributed by atoms with E-state index in [1.807, 2.05) is 43.3 Å². The van der Waals surface area contributed by atoms with Crippen LogP contribution in [0.15, 0.2) is 77.8 Å². The molecule has 0 radical (unpaired) electrons. The molecule has 1 aromatic heterocycles. The molecule has 1 aliphatic rings. The summed E-state index contributed by atoms with van der Waals surface area (Å²) < 4.78 is 28.0. The maximum atomic E-state index is 13.2. The van der Waals surface area contributed by atoms with Crippen LogP contribution in [-0.4, -0.2) is 37.1 Å². The Kier molecular flexibility index (Phi) is 6.97. The summed E-state index contributed by atoms with van der Waals surface area (Å²) in [6.45, 7) is 3.50. The quantitative estimate of drug-likeness (QED) is 0.222. The molecule has 0 amide bonds. The number of nitrogens with zero attached hydrogens (tertiary/aromatic N) is 1. The lowest BCUT2D eigenvalue weighted by molar-refractivity contribution is -0.104. The molecule has 3 aromatic carbocycles. The van der Waals surface area contributed by atoms with Crippen molar-refractivity contribution in [3.63, 3.8) is 0 Å². The number of aldehydes is 1. The SMILES string of the molecule is Cc1ccc(S(=O)(=O)N2CCCC2)cc1-c1cc2c(-c3ccc(NC=CC=O)cc3CN)cccc2[nH]1. The number of fused-ring (bicyclic) bond motifs is 1. The summed E-state index contributed by atoms with van der Waals surface area (Å²) in [4.78, 5) is 14.4. The number of benzene rings is 3. The first-order valence-electron chi connectivity index (χ1n) is 12.4. The molecule has 8 heteroatoms. The Hall–Kier alpha value is -3.72. The first kappa shape index (κ1) is 25.0. The van der Waals surface area contributed by atoms with Crippen molar-refractivity contribution in [2.75, 3.05) is 18.4 Å². The third kappa shape index (κ3) is 4.83. The van der Waals surface area contributed by atoms with Crippen LogP contribution in [0.25, 0.3) is 33.3 Å². The normalized spacial score (nSPS) is 14.5. The molecule has 37 heavy (non-hydrogen) atoms. The zero-order valence-corrected chi connectivity index (χ0v) is 21.5. The lowest BCUT2D eigenvalue weighted by atomic mass is 9.96. The Morgan fingerprint density at radius 1 is 1.00 bits per heavy atom. The molecule has 5 rings (SSSR count). The van der Waals surface area contributed by atoms with Gasteiger partial charge in [-0.2, -0.15) is 4.31 Å². The monoisotopic (exact) mass is 514 g/mol. The van der Waals surface area contributed by atoms with Crippen LogP contribution in [0.3, 0.4) is 0 Å². The van der Waals surface area contributed by atoms with Crippen LogP contribution in [0.5, 0.6) is 0 Å². The second kappa shape index (κ2) is 10.3. The van der Waals surface area contributed by atoms with Gasteiger partial charge in [0.15, 0.2) is 0 Å². The maximum absolute atomic E-state index is 13.2. The number of rotatable bonds is 8. The molecule has 7 nitrogen and oxygen atoms in total. The van der Waals surface area contributed by atoms with E-state index < -0.39 is 10.0 Å². The van der Waals surface area contributed by atoms with Crippen molar-refractivity contribution in [3.8, 4) is 22.4 Å². The Morgan fingerprint density at radius 3 is 2.57 bits per heavy atom.